The summed E-state index contributed by atoms with van der Waals surface area (Å²) in [5.74, 6) is -0.238. The number of imidazole rings is 1. The van der Waals surface area contributed by atoms with Gasteiger partial charge in [-0.05, 0) is 5.41 Å². The fourth-order valence-corrected chi connectivity index (χ4v) is 1.07. The van der Waals surface area contributed by atoms with Gasteiger partial charge in [-0.3, -0.25) is 4.79 Å². The van der Waals surface area contributed by atoms with Gasteiger partial charge < -0.3 is 9.67 Å². The first-order valence-electron chi connectivity index (χ1n) is 5.44. The van der Waals surface area contributed by atoms with Gasteiger partial charge in [0.15, 0.2) is 5.82 Å². The molecule has 1 rings (SSSR count). The first-order valence-corrected chi connectivity index (χ1v) is 4.87. The number of aliphatic hydroxyl groups excluding tert-OH is 1. The molecule has 0 bridgehead atoms. The standard InChI is InChI=1S/C11H18N2O2/c1-11(2,3)9(15)7-8(14)10-12-5-6-13(10)4/h5-6,9,15H,7H2,1-4H3/t9-/m1/s1/i7D/t7-,9-. The van der Waals surface area contributed by atoms with Gasteiger partial charge in [0.05, 0.1) is 6.10 Å². The van der Waals surface area contributed by atoms with Crippen molar-refractivity contribution in [1.82, 2.24) is 9.55 Å². The van der Waals surface area contributed by atoms with Crippen molar-refractivity contribution in [2.45, 2.75) is 33.3 Å². The van der Waals surface area contributed by atoms with Gasteiger partial charge in [0.25, 0.3) is 0 Å². The highest BCUT2D eigenvalue weighted by molar-refractivity contribution is 5.93. The zero-order valence-electron chi connectivity index (χ0n) is 10.6. The highest BCUT2D eigenvalue weighted by Gasteiger charge is 2.26. The Balaban J connectivity index is 2.88. The lowest BCUT2D eigenvalue weighted by atomic mass is 9.86. The van der Waals surface area contributed by atoms with Crippen LogP contribution < -0.4 is 0 Å². The molecule has 84 valence electrons. The summed E-state index contributed by atoms with van der Waals surface area (Å²) in [6, 6.07) is 0. The molecule has 4 nitrogen and oxygen atoms in total. The van der Waals surface area contributed by atoms with Gasteiger partial charge in [0, 0.05) is 27.2 Å². The Bertz CT molecular complexity index is 382. The third-order valence-corrected chi connectivity index (χ3v) is 2.24. The molecule has 0 saturated carbocycles. The van der Waals surface area contributed by atoms with Gasteiger partial charge >= 0.3 is 0 Å². The topological polar surface area (TPSA) is 55.1 Å². The molecule has 0 radical (unpaired) electrons. The highest BCUT2D eigenvalue weighted by atomic mass is 16.3. The van der Waals surface area contributed by atoms with Gasteiger partial charge in [0.1, 0.15) is 0 Å². The van der Waals surface area contributed by atoms with E-state index < -0.39 is 23.7 Å². The van der Waals surface area contributed by atoms with Crippen molar-refractivity contribution in [1.29, 1.82) is 0 Å². The smallest absolute Gasteiger partial charge is 0.200 e. The molecule has 0 aliphatic heterocycles. The van der Waals surface area contributed by atoms with Gasteiger partial charge in [-0.15, -0.1) is 0 Å². The number of hydrogen-bond donors (Lipinski definition) is 1. The van der Waals surface area contributed by atoms with E-state index in [9.17, 15) is 9.90 Å². The third kappa shape index (κ3) is 2.89. The first kappa shape index (κ1) is 10.4. The van der Waals surface area contributed by atoms with Crippen molar-refractivity contribution >= 4 is 5.78 Å². The number of hydrogen-bond acceptors (Lipinski definition) is 3. The maximum absolute atomic E-state index is 11.9. The van der Waals surface area contributed by atoms with E-state index in [4.69, 9.17) is 1.37 Å². The molecule has 0 aromatic carbocycles. The molecule has 0 aliphatic carbocycles. The molecular formula is C11H18N2O2. The van der Waals surface area contributed by atoms with E-state index in [0.29, 0.717) is 0 Å². The van der Waals surface area contributed by atoms with E-state index >= 15 is 0 Å². The van der Waals surface area contributed by atoms with Crippen LogP contribution in [0.15, 0.2) is 12.4 Å². The molecule has 4 heteroatoms. The molecule has 1 aromatic rings. The Kier molecular flexibility index (Phi) is 2.86. The lowest BCUT2D eigenvalue weighted by Gasteiger charge is -2.24. The summed E-state index contributed by atoms with van der Waals surface area (Å²) in [5, 5.41) is 9.87. The van der Waals surface area contributed by atoms with E-state index in [1.165, 1.54) is 6.20 Å². The predicted octanol–water partition coefficient (Wildman–Crippen LogP) is 1.40. The minimum absolute atomic E-state index is 0.211. The number of rotatable bonds is 3. The number of aromatic nitrogens is 2. The van der Waals surface area contributed by atoms with Crippen LogP contribution in [-0.2, 0) is 7.05 Å². The van der Waals surface area contributed by atoms with Crippen LogP contribution in [0.4, 0.5) is 0 Å². The second-order valence-corrected chi connectivity index (χ2v) is 4.70. The van der Waals surface area contributed by atoms with Crippen LogP contribution in [0.1, 0.15) is 39.2 Å². The minimum Gasteiger partial charge on any atom is -0.392 e. The minimum atomic E-state index is -1.19. The normalized spacial score (nSPS) is 17.0. The maximum atomic E-state index is 11.9. The Morgan fingerprint density at radius 3 is 2.73 bits per heavy atom. The van der Waals surface area contributed by atoms with Crippen molar-refractivity contribution < 1.29 is 11.3 Å². The summed E-state index contributed by atoms with van der Waals surface area (Å²) < 4.78 is 9.31. The third-order valence-electron chi connectivity index (χ3n) is 2.24. The quantitative estimate of drug-likeness (QED) is 0.769. The molecular weight excluding hydrogens is 192 g/mol. The number of carbonyl (C=O) groups excluding carboxylic acids is 1. The molecule has 15 heavy (non-hydrogen) atoms. The number of Topliss-reactive ketones (excluding diaryl/α,β-unsaturated/α-hetero) is 1. The van der Waals surface area contributed by atoms with Crippen LogP contribution in [-0.4, -0.2) is 26.5 Å². The molecule has 0 aliphatic rings. The van der Waals surface area contributed by atoms with Crippen LogP contribution in [0.25, 0.3) is 0 Å². The van der Waals surface area contributed by atoms with Gasteiger partial charge in [0.2, 0.25) is 5.78 Å². The Labute approximate surface area is 91.4 Å². The number of aryl methyl sites for hydroxylation is 1. The second-order valence-electron chi connectivity index (χ2n) is 4.70. The Morgan fingerprint density at radius 2 is 2.33 bits per heavy atom. The predicted molar refractivity (Wildman–Crippen MR) is 57.6 cm³/mol. The molecule has 1 aromatic heterocycles. The summed E-state index contributed by atoms with van der Waals surface area (Å²) in [4.78, 5) is 15.8. The monoisotopic (exact) mass is 211 g/mol. The van der Waals surface area contributed by atoms with Crippen LogP contribution in [0.2, 0.25) is 0 Å². The Hall–Kier alpha value is -1.16. The van der Waals surface area contributed by atoms with Crippen molar-refractivity contribution in [2.24, 2.45) is 12.5 Å². The summed E-state index contributed by atoms with van der Waals surface area (Å²) >= 11 is 0. The summed E-state index contributed by atoms with van der Waals surface area (Å²) in [7, 11) is 1.69. The number of ketones is 1. The lowest BCUT2D eigenvalue weighted by molar-refractivity contribution is 0.0488. The molecule has 0 fully saturated rings. The first-order chi connectivity index (χ1) is 7.25. The van der Waals surface area contributed by atoms with E-state index in [0.717, 1.165) is 0 Å². The maximum Gasteiger partial charge on any atom is 0.200 e. The average molecular weight is 211 g/mol. The zero-order valence-corrected chi connectivity index (χ0v) is 9.56. The van der Waals surface area contributed by atoms with Crippen LogP contribution in [0.3, 0.4) is 0 Å². The van der Waals surface area contributed by atoms with Crippen LogP contribution in [0, 0.1) is 5.41 Å². The second kappa shape index (κ2) is 4.14. The summed E-state index contributed by atoms with van der Waals surface area (Å²) in [5.41, 5.74) is -0.493. The summed E-state index contributed by atoms with van der Waals surface area (Å²) in [6.45, 7) is 5.39. The van der Waals surface area contributed by atoms with Gasteiger partial charge in [-0.1, -0.05) is 20.8 Å². The Morgan fingerprint density at radius 1 is 1.73 bits per heavy atom. The van der Waals surface area contributed by atoms with E-state index in [1.54, 1.807) is 38.6 Å². The largest absolute Gasteiger partial charge is 0.392 e. The fourth-order valence-electron chi connectivity index (χ4n) is 1.07. The molecule has 0 unspecified atom stereocenters. The van der Waals surface area contributed by atoms with E-state index in [1.807, 2.05) is 0 Å². The molecule has 0 amide bonds. The van der Waals surface area contributed by atoms with Crippen molar-refractivity contribution in [3.05, 3.63) is 18.2 Å². The average Bonchev–Trinajstić information content (AvgIpc) is 2.59. The number of aliphatic hydroxyl groups is 1. The van der Waals surface area contributed by atoms with E-state index in [2.05, 4.69) is 4.98 Å². The highest BCUT2D eigenvalue weighted by Crippen LogP contribution is 2.22. The van der Waals surface area contributed by atoms with Crippen LogP contribution in [0.5, 0.6) is 0 Å². The fraction of sp³-hybridized carbons (Fsp3) is 0.636. The van der Waals surface area contributed by atoms with Crippen molar-refractivity contribution in [3.63, 3.8) is 0 Å². The number of nitrogens with zero attached hydrogens (tertiary/aromatic N) is 2. The van der Waals surface area contributed by atoms with Crippen molar-refractivity contribution in [2.75, 3.05) is 0 Å². The molecule has 2 atom stereocenters. The number of carbonyl (C=O) groups is 1. The van der Waals surface area contributed by atoms with Crippen LogP contribution >= 0.6 is 0 Å². The molecule has 0 spiro atoms. The van der Waals surface area contributed by atoms with E-state index in [-0.39, 0.29) is 5.82 Å². The SMILES string of the molecule is [2H][C@H](C(=O)c1nccn1C)[C@@H](O)C(C)(C)C. The molecule has 0 saturated heterocycles. The zero-order chi connectivity index (χ0) is 12.5. The summed E-state index contributed by atoms with van der Waals surface area (Å²) in [6.07, 6.45) is 0.949. The van der Waals surface area contributed by atoms with Gasteiger partial charge in [-0.25, -0.2) is 4.98 Å². The molecule has 1 N–H and O–H groups in total. The lowest BCUT2D eigenvalue weighted by Crippen LogP contribution is -2.29. The van der Waals surface area contributed by atoms with Crippen molar-refractivity contribution in [3.8, 4) is 0 Å². The van der Waals surface area contributed by atoms with Gasteiger partial charge in [-0.2, -0.15) is 0 Å². The molecule has 1 heterocycles.